The first-order valence-corrected chi connectivity index (χ1v) is 13.6. The Bertz CT molecular complexity index is 1260. The first kappa shape index (κ1) is 25.7. The van der Waals surface area contributed by atoms with Gasteiger partial charge in [0.25, 0.3) is 11.8 Å². The molecule has 0 aromatic heterocycles. The molecule has 0 aliphatic carbocycles. The number of unbranched alkanes of at least 4 members (excludes halogenated alkanes) is 6. The molecule has 0 unspecified atom stereocenters. The second-order valence-corrected chi connectivity index (χ2v) is 9.67. The van der Waals surface area contributed by atoms with E-state index in [2.05, 4.69) is 48.7 Å². The van der Waals surface area contributed by atoms with Crippen LogP contribution in [0.1, 0.15) is 85.9 Å². The van der Waals surface area contributed by atoms with Crippen molar-refractivity contribution in [1.82, 2.24) is 10.6 Å². The zero-order chi connectivity index (χ0) is 25.3. The first-order chi connectivity index (χ1) is 17.7. The van der Waals surface area contributed by atoms with E-state index in [1.54, 1.807) is 0 Å². The van der Waals surface area contributed by atoms with Gasteiger partial charge in [-0.15, -0.1) is 0 Å². The molecule has 0 spiro atoms. The first-order valence-electron chi connectivity index (χ1n) is 13.6. The van der Waals surface area contributed by atoms with Crippen molar-refractivity contribution in [3.63, 3.8) is 0 Å². The van der Waals surface area contributed by atoms with Gasteiger partial charge in [-0.1, -0.05) is 101 Å². The second-order valence-electron chi connectivity index (χ2n) is 9.67. The normalized spacial score (nSPS) is 11.3. The number of rotatable bonds is 12. The lowest BCUT2D eigenvalue weighted by Crippen LogP contribution is -2.27. The van der Waals surface area contributed by atoms with Crippen LogP contribution >= 0.6 is 0 Å². The van der Waals surface area contributed by atoms with E-state index in [1.165, 1.54) is 25.7 Å². The minimum Gasteiger partial charge on any atom is -0.352 e. The third-order valence-electron chi connectivity index (χ3n) is 6.98. The van der Waals surface area contributed by atoms with Gasteiger partial charge in [0, 0.05) is 13.1 Å². The van der Waals surface area contributed by atoms with Crippen molar-refractivity contribution in [2.75, 3.05) is 13.1 Å². The predicted molar refractivity (Wildman–Crippen MR) is 152 cm³/mol. The van der Waals surface area contributed by atoms with Crippen molar-refractivity contribution in [3.8, 4) is 0 Å². The molecule has 188 valence electrons. The largest absolute Gasteiger partial charge is 0.352 e. The van der Waals surface area contributed by atoms with E-state index in [9.17, 15) is 9.59 Å². The number of carbonyl (C=O) groups is 2. The summed E-state index contributed by atoms with van der Waals surface area (Å²) in [6.07, 6.45) is 8.84. The molecule has 4 aromatic rings. The number of carbonyl (C=O) groups excluding carboxylic acids is 2. The van der Waals surface area contributed by atoms with E-state index < -0.39 is 0 Å². The Labute approximate surface area is 214 Å². The van der Waals surface area contributed by atoms with Crippen LogP contribution in [0.25, 0.3) is 32.3 Å². The lowest BCUT2D eigenvalue weighted by Gasteiger charge is -2.17. The Hall–Kier alpha value is -3.40. The average molecular weight is 483 g/mol. The standard InChI is InChI=1S/C32H38N2O2/c1-3-5-7-13-19-33-31(35)29-25-17-11-12-18-26(25)30(32(36)34-20-14-8-6-4-2)28-22-24-16-10-9-15-23(24)21-27(28)29/h9-12,15-18,21-22H,3-8,13-14,19-20H2,1-2H3,(H,33,35)(H,34,36). The molecule has 36 heavy (non-hydrogen) atoms. The highest BCUT2D eigenvalue weighted by molar-refractivity contribution is 6.27. The predicted octanol–water partition coefficient (Wildman–Crippen LogP) is 7.77. The van der Waals surface area contributed by atoms with Gasteiger partial charge in [0.05, 0.1) is 11.1 Å². The molecule has 4 rings (SSSR count). The lowest BCUT2D eigenvalue weighted by atomic mass is 9.89. The fraction of sp³-hybridized carbons (Fsp3) is 0.375. The van der Waals surface area contributed by atoms with Crippen molar-refractivity contribution in [2.45, 2.75) is 65.2 Å². The molecule has 4 heteroatoms. The van der Waals surface area contributed by atoms with Crippen LogP contribution in [0.15, 0.2) is 60.7 Å². The summed E-state index contributed by atoms with van der Waals surface area (Å²) in [4.78, 5) is 27.2. The number of benzene rings is 4. The Balaban J connectivity index is 1.82. The van der Waals surface area contributed by atoms with Crippen LogP contribution in [0.5, 0.6) is 0 Å². The molecule has 0 radical (unpaired) electrons. The molecular formula is C32H38N2O2. The van der Waals surface area contributed by atoms with E-state index in [-0.39, 0.29) is 11.8 Å². The lowest BCUT2D eigenvalue weighted by molar-refractivity contribution is 0.0945. The second kappa shape index (κ2) is 12.5. The minimum atomic E-state index is -0.0745. The third kappa shape index (κ3) is 5.70. The fourth-order valence-electron chi connectivity index (χ4n) is 5.04. The highest BCUT2D eigenvalue weighted by Gasteiger charge is 2.22. The van der Waals surface area contributed by atoms with E-state index in [0.717, 1.165) is 58.0 Å². The van der Waals surface area contributed by atoms with E-state index in [4.69, 9.17) is 0 Å². The highest BCUT2D eigenvalue weighted by Crippen LogP contribution is 2.35. The smallest absolute Gasteiger partial charge is 0.252 e. The molecule has 0 saturated carbocycles. The summed E-state index contributed by atoms with van der Waals surface area (Å²) >= 11 is 0. The molecule has 4 aromatic carbocycles. The van der Waals surface area contributed by atoms with Crippen LogP contribution in [0, 0.1) is 0 Å². The summed E-state index contributed by atoms with van der Waals surface area (Å²) in [6, 6.07) is 20.1. The third-order valence-corrected chi connectivity index (χ3v) is 6.98. The van der Waals surface area contributed by atoms with Crippen molar-refractivity contribution >= 4 is 44.1 Å². The van der Waals surface area contributed by atoms with Gasteiger partial charge in [0.1, 0.15) is 0 Å². The molecular weight excluding hydrogens is 444 g/mol. The monoisotopic (exact) mass is 482 g/mol. The molecule has 0 bridgehead atoms. The van der Waals surface area contributed by atoms with Crippen molar-refractivity contribution in [3.05, 3.63) is 71.8 Å². The van der Waals surface area contributed by atoms with Crippen LogP contribution in [0.2, 0.25) is 0 Å². The van der Waals surface area contributed by atoms with Crippen LogP contribution in [-0.4, -0.2) is 24.9 Å². The minimum absolute atomic E-state index is 0.0745. The van der Waals surface area contributed by atoms with Gasteiger partial charge < -0.3 is 10.6 Å². The Morgan fingerprint density at radius 1 is 0.556 bits per heavy atom. The van der Waals surface area contributed by atoms with Crippen molar-refractivity contribution in [1.29, 1.82) is 0 Å². The average Bonchev–Trinajstić information content (AvgIpc) is 2.90. The molecule has 0 heterocycles. The topological polar surface area (TPSA) is 58.2 Å². The number of nitrogens with one attached hydrogen (secondary N) is 2. The summed E-state index contributed by atoms with van der Waals surface area (Å²) in [5.74, 6) is -0.149. The maximum atomic E-state index is 13.6. The van der Waals surface area contributed by atoms with Gasteiger partial charge >= 0.3 is 0 Å². The van der Waals surface area contributed by atoms with Gasteiger partial charge in [0.2, 0.25) is 0 Å². The van der Waals surface area contributed by atoms with Crippen LogP contribution in [0.3, 0.4) is 0 Å². The molecule has 0 fully saturated rings. The number of amides is 2. The Morgan fingerprint density at radius 2 is 0.972 bits per heavy atom. The van der Waals surface area contributed by atoms with Crippen LogP contribution in [-0.2, 0) is 0 Å². The summed E-state index contributed by atoms with van der Waals surface area (Å²) < 4.78 is 0. The van der Waals surface area contributed by atoms with Crippen LogP contribution < -0.4 is 10.6 Å². The summed E-state index contributed by atoms with van der Waals surface area (Å²) in [6.45, 7) is 5.68. The van der Waals surface area contributed by atoms with Crippen molar-refractivity contribution in [2.24, 2.45) is 0 Å². The van der Waals surface area contributed by atoms with E-state index >= 15 is 0 Å². The maximum Gasteiger partial charge on any atom is 0.252 e. The van der Waals surface area contributed by atoms with Gasteiger partial charge in [-0.25, -0.2) is 0 Å². The number of hydrogen-bond donors (Lipinski definition) is 2. The summed E-state index contributed by atoms with van der Waals surface area (Å²) in [7, 11) is 0. The Kier molecular flexibility index (Phi) is 8.94. The van der Waals surface area contributed by atoms with Crippen molar-refractivity contribution < 1.29 is 9.59 Å². The van der Waals surface area contributed by atoms with E-state index in [0.29, 0.717) is 24.2 Å². The van der Waals surface area contributed by atoms with Gasteiger partial charge in [0.15, 0.2) is 0 Å². The van der Waals surface area contributed by atoms with E-state index in [1.807, 2.05) is 36.4 Å². The molecule has 4 nitrogen and oxygen atoms in total. The Morgan fingerprint density at radius 3 is 1.39 bits per heavy atom. The molecule has 0 aliphatic rings. The molecule has 0 aliphatic heterocycles. The van der Waals surface area contributed by atoms with Gasteiger partial charge in [-0.3, -0.25) is 9.59 Å². The SMILES string of the molecule is CCCCCCNC(=O)c1c2ccccc2c(C(=O)NCCCCCC)c2cc3ccccc3cc12. The fourth-order valence-corrected chi connectivity index (χ4v) is 5.04. The zero-order valence-corrected chi connectivity index (χ0v) is 21.7. The van der Waals surface area contributed by atoms with Gasteiger partial charge in [-0.05, 0) is 57.3 Å². The zero-order valence-electron chi connectivity index (χ0n) is 21.7. The maximum absolute atomic E-state index is 13.6. The van der Waals surface area contributed by atoms with Gasteiger partial charge in [-0.2, -0.15) is 0 Å². The quantitative estimate of drug-likeness (QED) is 0.160. The summed E-state index contributed by atoms with van der Waals surface area (Å²) in [5, 5.41) is 11.7. The highest BCUT2D eigenvalue weighted by atomic mass is 16.2. The van der Waals surface area contributed by atoms with Crippen LogP contribution in [0.4, 0.5) is 0 Å². The molecule has 0 saturated heterocycles. The number of hydrogen-bond acceptors (Lipinski definition) is 2. The summed E-state index contributed by atoms with van der Waals surface area (Å²) in [5.41, 5.74) is 1.31. The molecule has 0 atom stereocenters. The molecule has 2 N–H and O–H groups in total. The number of fused-ring (bicyclic) bond motifs is 3. The molecule has 2 amide bonds.